The third-order valence-electron chi connectivity index (χ3n) is 3.71. The Hall–Kier alpha value is -0.120. The average molecular weight is 229 g/mol. The second-order valence-corrected chi connectivity index (χ2v) is 4.72. The Labute approximate surface area is 99.8 Å². The molecule has 0 bridgehead atoms. The lowest BCUT2D eigenvalue weighted by Crippen LogP contribution is -2.30. The van der Waals surface area contributed by atoms with E-state index in [1.807, 2.05) is 0 Å². The minimum atomic E-state index is 0.353. The minimum Gasteiger partial charge on any atom is -0.396 e. The molecule has 1 fully saturated rings. The van der Waals surface area contributed by atoms with Crippen LogP contribution in [0.4, 0.5) is 0 Å². The summed E-state index contributed by atoms with van der Waals surface area (Å²) in [7, 11) is 0. The molecule has 0 aliphatic heterocycles. The Morgan fingerprint density at radius 1 is 1.12 bits per heavy atom. The maximum Gasteiger partial charge on any atom is 0.0597 e. The standard InChI is InChI=1S/C13H27NO2/c1-3-14(4-2)9-10-16-13-7-5-12(11-15)6-8-13/h12-13,15H,3-11H2,1-2H3. The Morgan fingerprint density at radius 3 is 2.25 bits per heavy atom. The van der Waals surface area contributed by atoms with Gasteiger partial charge in [0.15, 0.2) is 0 Å². The summed E-state index contributed by atoms with van der Waals surface area (Å²) in [6, 6.07) is 0. The van der Waals surface area contributed by atoms with Crippen molar-refractivity contribution < 1.29 is 9.84 Å². The van der Waals surface area contributed by atoms with Crippen LogP contribution in [0.1, 0.15) is 39.5 Å². The van der Waals surface area contributed by atoms with Gasteiger partial charge in [0.2, 0.25) is 0 Å². The van der Waals surface area contributed by atoms with Crippen molar-refractivity contribution in [3.05, 3.63) is 0 Å². The van der Waals surface area contributed by atoms with Gasteiger partial charge in [-0.05, 0) is 44.7 Å². The van der Waals surface area contributed by atoms with Gasteiger partial charge in [-0.1, -0.05) is 13.8 Å². The highest BCUT2D eigenvalue weighted by Gasteiger charge is 2.20. The second kappa shape index (κ2) is 8.04. The van der Waals surface area contributed by atoms with Crippen molar-refractivity contribution in [2.75, 3.05) is 32.8 Å². The normalized spacial score (nSPS) is 26.2. The molecule has 1 saturated carbocycles. The van der Waals surface area contributed by atoms with E-state index in [1.54, 1.807) is 0 Å². The molecule has 0 aromatic rings. The number of likely N-dealkylation sites (N-methyl/N-ethyl adjacent to an activating group) is 1. The van der Waals surface area contributed by atoms with E-state index < -0.39 is 0 Å². The van der Waals surface area contributed by atoms with E-state index in [2.05, 4.69) is 18.7 Å². The number of rotatable bonds is 7. The van der Waals surface area contributed by atoms with Crippen molar-refractivity contribution in [1.82, 2.24) is 4.90 Å². The zero-order chi connectivity index (χ0) is 11.8. The lowest BCUT2D eigenvalue weighted by Gasteiger charge is -2.28. The second-order valence-electron chi connectivity index (χ2n) is 4.72. The topological polar surface area (TPSA) is 32.7 Å². The van der Waals surface area contributed by atoms with Crippen molar-refractivity contribution >= 4 is 0 Å². The SMILES string of the molecule is CCN(CC)CCOC1CCC(CO)CC1. The molecule has 0 heterocycles. The smallest absolute Gasteiger partial charge is 0.0597 e. The van der Waals surface area contributed by atoms with Gasteiger partial charge in [-0.3, -0.25) is 0 Å². The summed E-state index contributed by atoms with van der Waals surface area (Å²) in [6.07, 6.45) is 4.96. The van der Waals surface area contributed by atoms with E-state index in [0.29, 0.717) is 18.6 Å². The van der Waals surface area contributed by atoms with Crippen molar-refractivity contribution in [1.29, 1.82) is 0 Å². The summed E-state index contributed by atoms with van der Waals surface area (Å²) in [6.45, 7) is 8.86. The van der Waals surface area contributed by atoms with Gasteiger partial charge in [0.05, 0.1) is 12.7 Å². The fourth-order valence-electron chi connectivity index (χ4n) is 2.37. The summed E-state index contributed by atoms with van der Waals surface area (Å²) in [5.41, 5.74) is 0. The molecule has 96 valence electrons. The van der Waals surface area contributed by atoms with E-state index in [1.165, 1.54) is 0 Å². The van der Waals surface area contributed by atoms with Crippen LogP contribution >= 0.6 is 0 Å². The van der Waals surface area contributed by atoms with Gasteiger partial charge in [0.25, 0.3) is 0 Å². The van der Waals surface area contributed by atoms with Crippen LogP contribution in [-0.2, 0) is 4.74 Å². The zero-order valence-corrected chi connectivity index (χ0v) is 10.8. The van der Waals surface area contributed by atoms with Crippen LogP contribution in [0.2, 0.25) is 0 Å². The zero-order valence-electron chi connectivity index (χ0n) is 10.8. The van der Waals surface area contributed by atoms with E-state index in [4.69, 9.17) is 9.84 Å². The average Bonchev–Trinajstić information content (AvgIpc) is 2.35. The number of nitrogens with zero attached hydrogens (tertiary/aromatic N) is 1. The van der Waals surface area contributed by atoms with Crippen LogP contribution in [0.5, 0.6) is 0 Å². The lowest BCUT2D eigenvalue weighted by atomic mass is 9.88. The molecule has 16 heavy (non-hydrogen) atoms. The molecule has 1 aliphatic rings. The lowest BCUT2D eigenvalue weighted by molar-refractivity contribution is 0.00266. The Bertz CT molecular complexity index is 163. The molecule has 0 aromatic heterocycles. The summed E-state index contributed by atoms with van der Waals surface area (Å²) < 4.78 is 5.89. The molecule has 1 rings (SSSR count). The quantitative estimate of drug-likeness (QED) is 0.723. The van der Waals surface area contributed by atoms with Crippen LogP contribution < -0.4 is 0 Å². The predicted octanol–water partition coefficient (Wildman–Crippen LogP) is 1.90. The fourth-order valence-corrected chi connectivity index (χ4v) is 2.37. The molecule has 0 atom stereocenters. The van der Waals surface area contributed by atoms with Crippen LogP contribution in [0, 0.1) is 5.92 Å². The first-order valence-corrected chi connectivity index (χ1v) is 6.74. The number of aliphatic hydroxyl groups excluding tert-OH is 1. The van der Waals surface area contributed by atoms with Crippen molar-refractivity contribution in [3.8, 4) is 0 Å². The maximum atomic E-state index is 9.04. The van der Waals surface area contributed by atoms with Gasteiger partial charge in [-0.15, -0.1) is 0 Å². The molecule has 0 spiro atoms. The Morgan fingerprint density at radius 2 is 1.75 bits per heavy atom. The molecule has 3 heteroatoms. The van der Waals surface area contributed by atoms with E-state index >= 15 is 0 Å². The van der Waals surface area contributed by atoms with E-state index in [-0.39, 0.29) is 0 Å². The first kappa shape index (κ1) is 13.9. The Balaban J connectivity index is 2.06. The highest BCUT2D eigenvalue weighted by molar-refractivity contribution is 4.72. The monoisotopic (exact) mass is 229 g/mol. The first-order valence-electron chi connectivity index (χ1n) is 6.74. The minimum absolute atomic E-state index is 0.353. The molecule has 0 amide bonds. The molecular weight excluding hydrogens is 202 g/mol. The summed E-state index contributed by atoms with van der Waals surface area (Å²) in [5, 5.41) is 9.04. The Kier molecular flexibility index (Phi) is 7.01. The van der Waals surface area contributed by atoms with E-state index in [9.17, 15) is 0 Å². The number of ether oxygens (including phenoxy) is 1. The van der Waals surface area contributed by atoms with Crippen LogP contribution in [0.3, 0.4) is 0 Å². The van der Waals surface area contributed by atoms with Crippen molar-refractivity contribution in [2.24, 2.45) is 5.92 Å². The third kappa shape index (κ3) is 4.81. The first-order chi connectivity index (χ1) is 7.80. The molecule has 0 aromatic carbocycles. The van der Waals surface area contributed by atoms with Crippen LogP contribution in [-0.4, -0.2) is 49.0 Å². The van der Waals surface area contributed by atoms with Gasteiger partial charge >= 0.3 is 0 Å². The molecule has 1 N–H and O–H groups in total. The molecule has 0 saturated heterocycles. The highest BCUT2D eigenvalue weighted by Crippen LogP contribution is 2.25. The van der Waals surface area contributed by atoms with Gasteiger partial charge in [-0.2, -0.15) is 0 Å². The number of hydrogen-bond donors (Lipinski definition) is 1. The van der Waals surface area contributed by atoms with E-state index in [0.717, 1.165) is 51.9 Å². The van der Waals surface area contributed by atoms with Crippen LogP contribution in [0.15, 0.2) is 0 Å². The van der Waals surface area contributed by atoms with Gasteiger partial charge in [0, 0.05) is 13.2 Å². The molecule has 1 aliphatic carbocycles. The van der Waals surface area contributed by atoms with Gasteiger partial charge < -0.3 is 14.7 Å². The van der Waals surface area contributed by atoms with Gasteiger partial charge in [0.1, 0.15) is 0 Å². The largest absolute Gasteiger partial charge is 0.396 e. The molecule has 0 unspecified atom stereocenters. The molecule has 0 radical (unpaired) electrons. The van der Waals surface area contributed by atoms with Crippen molar-refractivity contribution in [3.63, 3.8) is 0 Å². The van der Waals surface area contributed by atoms with Crippen LogP contribution in [0.25, 0.3) is 0 Å². The predicted molar refractivity (Wildman–Crippen MR) is 66.6 cm³/mol. The molecule has 3 nitrogen and oxygen atoms in total. The molecular formula is C13H27NO2. The summed E-state index contributed by atoms with van der Waals surface area (Å²) >= 11 is 0. The maximum absolute atomic E-state index is 9.04. The number of hydrogen-bond acceptors (Lipinski definition) is 3. The third-order valence-corrected chi connectivity index (χ3v) is 3.71. The summed E-state index contributed by atoms with van der Waals surface area (Å²) in [5.74, 6) is 0.530. The van der Waals surface area contributed by atoms with Crippen molar-refractivity contribution in [2.45, 2.75) is 45.6 Å². The van der Waals surface area contributed by atoms with Gasteiger partial charge in [-0.25, -0.2) is 0 Å². The fraction of sp³-hybridized carbons (Fsp3) is 1.00. The summed E-state index contributed by atoms with van der Waals surface area (Å²) in [4.78, 5) is 2.39. The highest BCUT2D eigenvalue weighted by atomic mass is 16.5. The number of aliphatic hydroxyl groups is 1.